The lowest BCUT2D eigenvalue weighted by Crippen LogP contribution is -2.07. The molecule has 0 bridgehead atoms. The molecular formula is C20H21N3O3S2. The lowest BCUT2D eigenvalue weighted by atomic mass is 10.1. The number of thiophene rings is 1. The standard InChI is InChI=1S/C20H21N3O3S2/c1-9-15(20(25)26-4)10(2)21-17(9)13(24)8-27-18-16-12-6-5-7-14(12)28-19(16)23-11(3)22-18/h21H,5-8H2,1-4H3. The average Bonchev–Trinajstić information content (AvgIpc) is 3.31. The Balaban J connectivity index is 1.62. The van der Waals surface area contributed by atoms with E-state index < -0.39 is 5.97 Å². The molecule has 1 aliphatic rings. The zero-order valence-electron chi connectivity index (χ0n) is 16.3. The third-order valence-electron chi connectivity index (χ3n) is 5.09. The first-order chi connectivity index (χ1) is 13.4. The SMILES string of the molecule is COC(=O)c1c(C)[nH]c(C(=O)CSc2nc(C)nc3sc4c(c23)CCC4)c1C. The molecule has 0 fully saturated rings. The first kappa shape index (κ1) is 19.1. The van der Waals surface area contributed by atoms with E-state index in [-0.39, 0.29) is 11.5 Å². The van der Waals surface area contributed by atoms with Gasteiger partial charge in [0.2, 0.25) is 0 Å². The second kappa shape index (κ2) is 7.33. The molecule has 3 aromatic heterocycles. The van der Waals surface area contributed by atoms with E-state index in [9.17, 15) is 9.59 Å². The first-order valence-corrected chi connectivity index (χ1v) is 10.9. The van der Waals surface area contributed by atoms with Crippen molar-refractivity contribution < 1.29 is 14.3 Å². The predicted molar refractivity (Wildman–Crippen MR) is 111 cm³/mol. The van der Waals surface area contributed by atoms with Crippen molar-refractivity contribution in [2.45, 2.75) is 45.1 Å². The van der Waals surface area contributed by atoms with Gasteiger partial charge in [-0.15, -0.1) is 11.3 Å². The minimum absolute atomic E-state index is 0.0583. The molecule has 0 saturated carbocycles. The largest absolute Gasteiger partial charge is 0.465 e. The molecule has 8 heteroatoms. The Morgan fingerprint density at radius 3 is 2.75 bits per heavy atom. The zero-order valence-corrected chi connectivity index (χ0v) is 17.9. The highest BCUT2D eigenvalue weighted by atomic mass is 32.2. The van der Waals surface area contributed by atoms with Crippen molar-refractivity contribution >= 4 is 45.1 Å². The number of Topliss-reactive ketones (excluding diaryl/α,β-unsaturated/α-hetero) is 1. The molecule has 3 aromatic rings. The van der Waals surface area contributed by atoms with Gasteiger partial charge in [0.25, 0.3) is 0 Å². The highest BCUT2D eigenvalue weighted by Crippen LogP contribution is 2.40. The van der Waals surface area contributed by atoms with Crippen molar-refractivity contribution in [1.82, 2.24) is 15.0 Å². The number of aromatic nitrogens is 3. The minimum atomic E-state index is -0.431. The Hall–Kier alpha value is -2.19. The van der Waals surface area contributed by atoms with Crippen LogP contribution < -0.4 is 0 Å². The second-order valence-electron chi connectivity index (χ2n) is 6.94. The fourth-order valence-electron chi connectivity index (χ4n) is 3.81. The number of fused-ring (bicyclic) bond motifs is 3. The molecule has 0 spiro atoms. The van der Waals surface area contributed by atoms with Gasteiger partial charge in [-0.1, -0.05) is 11.8 Å². The molecule has 3 heterocycles. The molecule has 146 valence electrons. The van der Waals surface area contributed by atoms with Crippen LogP contribution in [0.4, 0.5) is 0 Å². The number of methoxy groups -OCH3 is 1. The van der Waals surface area contributed by atoms with Crippen molar-refractivity contribution in [1.29, 1.82) is 0 Å². The van der Waals surface area contributed by atoms with Crippen LogP contribution in [-0.2, 0) is 17.6 Å². The van der Waals surface area contributed by atoms with Gasteiger partial charge in [0.05, 0.1) is 24.1 Å². The number of aromatic amines is 1. The number of aryl methyl sites for hydroxylation is 4. The average molecular weight is 416 g/mol. The number of nitrogens with one attached hydrogen (secondary N) is 1. The van der Waals surface area contributed by atoms with Gasteiger partial charge in [-0.25, -0.2) is 14.8 Å². The van der Waals surface area contributed by atoms with E-state index in [0.29, 0.717) is 22.5 Å². The fraction of sp³-hybridized carbons (Fsp3) is 0.400. The van der Waals surface area contributed by atoms with Gasteiger partial charge in [0.1, 0.15) is 15.7 Å². The van der Waals surface area contributed by atoms with Gasteiger partial charge >= 0.3 is 5.97 Å². The molecule has 0 unspecified atom stereocenters. The van der Waals surface area contributed by atoms with Crippen LogP contribution in [0, 0.1) is 20.8 Å². The summed E-state index contributed by atoms with van der Waals surface area (Å²) in [6, 6.07) is 0. The van der Waals surface area contributed by atoms with Crippen LogP contribution in [0.5, 0.6) is 0 Å². The molecule has 0 saturated heterocycles. The van der Waals surface area contributed by atoms with E-state index in [1.54, 1.807) is 25.2 Å². The normalized spacial score (nSPS) is 13.1. The summed E-state index contributed by atoms with van der Waals surface area (Å²) in [5, 5.41) is 2.00. The fourth-order valence-corrected chi connectivity index (χ4v) is 6.16. The summed E-state index contributed by atoms with van der Waals surface area (Å²) in [7, 11) is 1.34. The van der Waals surface area contributed by atoms with Gasteiger partial charge in [-0.05, 0) is 51.2 Å². The number of ether oxygens (including phenoxy) is 1. The summed E-state index contributed by atoms with van der Waals surface area (Å²) in [6.45, 7) is 5.43. The Labute approximate surface area is 171 Å². The molecule has 0 aliphatic heterocycles. The number of hydrogen-bond donors (Lipinski definition) is 1. The molecule has 6 nitrogen and oxygen atoms in total. The predicted octanol–water partition coefficient (Wildman–Crippen LogP) is 4.19. The number of hydrogen-bond acceptors (Lipinski definition) is 7. The Morgan fingerprint density at radius 1 is 1.21 bits per heavy atom. The van der Waals surface area contributed by atoms with Crippen LogP contribution in [0.15, 0.2) is 5.03 Å². The lowest BCUT2D eigenvalue weighted by Gasteiger charge is -2.05. The molecule has 0 atom stereocenters. The molecular weight excluding hydrogens is 394 g/mol. The number of H-pyrrole nitrogens is 1. The Bertz CT molecular complexity index is 1110. The summed E-state index contributed by atoms with van der Waals surface area (Å²) in [6.07, 6.45) is 3.33. The summed E-state index contributed by atoms with van der Waals surface area (Å²) < 4.78 is 4.82. The van der Waals surface area contributed by atoms with Crippen LogP contribution >= 0.6 is 23.1 Å². The zero-order chi connectivity index (χ0) is 20.0. The third kappa shape index (κ3) is 3.14. The topological polar surface area (TPSA) is 84.9 Å². The Morgan fingerprint density at radius 2 is 2.00 bits per heavy atom. The molecule has 0 aromatic carbocycles. The summed E-state index contributed by atoms with van der Waals surface area (Å²) >= 11 is 3.20. The molecule has 0 radical (unpaired) electrons. The maximum absolute atomic E-state index is 12.9. The van der Waals surface area contributed by atoms with Crippen molar-refractivity contribution in [3.8, 4) is 0 Å². The number of rotatable bonds is 5. The van der Waals surface area contributed by atoms with Crippen molar-refractivity contribution in [3.05, 3.63) is 38.8 Å². The monoisotopic (exact) mass is 415 g/mol. The molecule has 1 aliphatic carbocycles. The van der Waals surface area contributed by atoms with Gasteiger partial charge in [0, 0.05) is 16.0 Å². The number of ketones is 1. The van der Waals surface area contributed by atoms with Crippen LogP contribution in [0.2, 0.25) is 0 Å². The van der Waals surface area contributed by atoms with E-state index in [2.05, 4.69) is 15.0 Å². The van der Waals surface area contributed by atoms with Crippen molar-refractivity contribution in [2.24, 2.45) is 0 Å². The van der Waals surface area contributed by atoms with Crippen molar-refractivity contribution in [2.75, 3.05) is 12.9 Å². The smallest absolute Gasteiger partial charge is 0.339 e. The number of esters is 1. The van der Waals surface area contributed by atoms with Gasteiger partial charge in [-0.3, -0.25) is 4.79 Å². The van der Waals surface area contributed by atoms with Crippen molar-refractivity contribution in [3.63, 3.8) is 0 Å². The van der Waals surface area contributed by atoms with E-state index in [1.807, 2.05) is 6.92 Å². The van der Waals surface area contributed by atoms with Crippen LogP contribution in [-0.4, -0.2) is 39.6 Å². The van der Waals surface area contributed by atoms with Crippen LogP contribution in [0.1, 0.15) is 54.8 Å². The highest BCUT2D eigenvalue weighted by Gasteiger charge is 2.25. The van der Waals surface area contributed by atoms with Gasteiger partial charge in [0.15, 0.2) is 5.78 Å². The lowest BCUT2D eigenvalue weighted by molar-refractivity contribution is 0.0599. The van der Waals surface area contributed by atoms with Crippen LogP contribution in [0.25, 0.3) is 10.2 Å². The number of thioether (sulfide) groups is 1. The quantitative estimate of drug-likeness (QED) is 0.291. The van der Waals surface area contributed by atoms with Crippen LogP contribution in [0.3, 0.4) is 0 Å². The third-order valence-corrected chi connectivity index (χ3v) is 7.25. The number of carbonyl (C=O) groups excluding carboxylic acids is 2. The maximum Gasteiger partial charge on any atom is 0.339 e. The van der Waals surface area contributed by atoms with E-state index in [1.165, 1.54) is 35.7 Å². The molecule has 4 rings (SSSR count). The Kier molecular flexibility index (Phi) is 5.01. The first-order valence-electron chi connectivity index (χ1n) is 9.13. The summed E-state index contributed by atoms with van der Waals surface area (Å²) in [5.74, 6) is 0.483. The van der Waals surface area contributed by atoms with E-state index >= 15 is 0 Å². The van der Waals surface area contributed by atoms with E-state index in [4.69, 9.17) is 4.74 Å². The summed E-state index contributed by atoms with van der Waals surface area (Å²) in [5.41, 5.74) is 3.54. The second-order valence-corrected chi connectivity index (χ2v) is 8.99. The number of nitrogens with zero attached hydrogens (tertiary/aromatic N) is 2. The van der Waals surface area contributed by atoms with E-state index in [0.717, 1.165) is 33.9 Å². The highest BCUT2D eigenvalue weighted by molar-refractivity contribution is 8.00. The molecule has 28 heavy (non-hydrogen) atoms. The van der Waals surface area contributed by atoms with Gasteiger partial charge in [-0.2, -0.15) is 0 Å². The molecule has 1 N–H and O–H groups in total. The summed E-state index contributed by atoms with van der Waals surface area (Å²) in [4.78, 5) is 39.5. The molecule has 0 amide bonds. The maximum atomic E-state index is 12.9. The van der Waals surface area contributed by atoms with Gasteiger partial charge < -0.3 is 9.72 Å². The minimum Gasteiger partial charge on any atom is -0.465 e. The number of carbonyl (C=O) groups is 2.